The van der Waals surface area contributed by atoms with Crippen LogP contribution in [0.3, 0.4) is 0 Å². The second-order valence-electron chi connectivity index (χ2n) is 5.58. The summed E-state index contributed by atoms with van der Waals surface area (Å²) in [5.74, 6) is 0.534. The first-order chi connectivity index (χ1) is 9.23. The SMILES string of the molecule is CCCC[C@H]1C[C@]1(Cc1ccccc1)C(=O)OCC. The van der Waals surface area contributed by atoms with Crippen LogP contribution in [0.4, 0.5) is 0 Å². The number of carbonyl (C=O) groups excluding carboxylic acids is 1. The van der Waals surface area contributed by atoms with E-state index >= 15 is 0 Å². The summed E-state index contributed by atoms with van der Waals surface area (Å²) in [4.78, 5) is 12.3. The third-order valence-corrected chi connectivity index (χ3v) is 4.18. The van der Waals surface area contributed by atoms with E-state index < -0.39 is 0 Å². The fraction of sp³-hybridized carbons (Fsp3) is 0.588. The van der Waals surface area contributed by atoms with E-state index in [1.54, 1.807) is 0 Å². The number of hydrogen-bond donors (Lipinski definition) is 0. The maximum Gasteiger partial charge on any atom is 0.312 e. The third kappa shape index (κ3) is 3.17. The van der Waals surface area contributed by atoms with Crippen molar-refractivity contribution in [2.75, 3.05) is 6.61 Å². The van der Waals surface area contributed by atoms with Gasteiger partial charge in [-0.2, -0.15) is 0 Å². The van der Waals surface area contributed by atoms with Gasteiger partial charge in [0.1, 0.15) is 0 Å². The van der Waals surface area contributed by atoms with Gasteiger partial charge in [0.15, 0.2) is 0 Å². The van der Waals surface area contributed by atoms with Crippen molar-refractivity contribution < 1.29 is 9.53 Å². The van der Waals surface area contributed by atoms with Gasteiger partial charge in [0, 0.05) is 0 Å². The van der Waals surface area contributed by atoms with Gasteiger partial charge in [-0.1, -0.05) is 50.1 Å². The molecule has 0 aromatic heterocycles. The van der Waals surface area contributed by atoms with E-state index in [2.05, 4.69) is 19.1 Å². The third-order valence-electron chi connectivity index (χ3n) is 4.18. The number of esters is 1. The predicted molar refractivity (Wildman–Crippen MR) is 76.8 cm³/mol. The molecule has 19 heavy (non-hydrogen) atoms. The minimum Gasteiger partial charge on any atom is -0.466 e. The van der Waals surface area contributed by atoms with Gasteiger partial charge in [-0.25, -0.2) is 0 Å². The quantitative estimate of drug-likeness (QED) is 0.693. The van der Waals surface area contributed by atoms with Gasteiger partial charge in [-0.05, 0) is 37.7 Å². The Hall–Kier alpha value is -1.31. The minimum absolute atomic E-state index is 0.0138. The van der Waals surface area contributed by atoms with Crippen LogP contribution in [0.1, 0.15) is 45.1 Å². The lowest BCUT2D eigenvalue weighted by Crippen LogP contribution is -2.24. The molecule has 0 saturated heterocycles. The second kappa shape index (κ2) is 6.23. The minimum atomic E-state index is -0.230. The zero-order chi connectivity index (χ0) is 13.7. The topological polar surface area (TPSA) is 26.3 Å². The van der Waals surface area contributed by atoms with E-state index in [0.717, 1.165) is 19.3 Å². The zero-order valence-corrected chi connectivity index (χ0v) is 12.0. The molecular formula is C17H24O2. The van der Waals surface area contributed by atoms with Crippen LogP contribution in [0, 0.1) is 11.3 Å². The Bertz CT molecular complexity index is 413. The summed E-state index contributed by atoms with van der Waals surface area (Å²) in [7, 11) is 0. The number of benzene rings is 1. The van der Waals surface area contributed by atoms with E-state index in [-0.39, 0.29) is 11.4 Å². The molecule has 1 aliphatic rings. The molecule has 0 spiro atoms. The summed E-state index contributed by atoms with van der Waals surface area (Å²) in [5.41, 5.74) is 1.02. The van der Waals surface area contributed by atoms with E-state index in [1.165, 1.54) is 18.4 Å². The molecule has 2 heteroatoms. The number of ether oxygens (including phenoxy) is 1. The number of unbranched alkanes of at least 4 members (excludes halogenated alkanes) is 1. The van der Waals surface area contributed by atoms with Gasteiger partial charge >= 0.3 is 5.97 Å². The van der Waals surface area contributed by atoms with Gasteiger partial charge in [0.2, 0.25) is 0 Å². The van der Waals surface area contributed by atoms with Crippen LogP contribution in [0.2, 0.25) is 0 Å². The number of carbonyl (C=O) groups is 1. The van der Waals surface area contributed by atoms with Crippen LogP contribution in [-0.4, -0.2) is 12.6 Å². The molecule has 0 radical (unpaired) electrons. The Morgan fingerprint density at radius 2 is 2.05 bits per heavy atom. The summed E-state index contributed by atoms with van der Waals surface area (Å²) in [6, 6.07) is 10.3. The number of hydrogen-bond acceptors (Lipinski definition) is 2. The maximum atomic E-state index is 12.3. The monoisotopic (exact) mass is 260 g/mol. The highest BCUT2D eigenvalue weighted by Crippen LogP contribution is 2.58. The molecular weight excluding hydrogens is 236 g/mol. The smallest absolute Gasteiger partial charge is 0.312 e. The van der Waals surface area contributed by atoms with Crippen molar-refractivity contribution in [2.24, 2.45) is 11.3 Å². The Kier molecular flexibility index (Phi) is 4.62. The van der Waals surface area contributed by atoms with Crippen LogP contribution < -0.4 is 0 Å². The molecule has 2 rings (SSSR count). The molecule has 2 nitrogen and oxygen atoms in total. The van der Waals surface area contributed by atoms with Gasteiger partial charge in [-0.15, -0.1) is 0 Å². The molecule has 0 aliphatic heterocycles. The lowest BCUT2D eigenvalue weighted by atomic mass is 9.92. The molecule has 0 N–H and O–H groups in total. The highest BCUT2D eigenvalue weighted by molar-refractivity contribution is 5.81. The van der Waals surface area contributed by atoms with Crippen molar-refractivity contribution in [3.05, 3.63) is 35.9 Å². The normalized spacial score (nSPS) is 25.1. The zero-order valence-electron chi connectivity index (χ0n) is 12.0. The van der Waals surface area contributed by atoms with E-state index in [0.29, 0.717) is 12.5 Å². The van der Waals surface area contributed by atoms with Crippen LogP contribution in [0.25, 0.3) is 0 Å². The summed E-state index contributed by atoms with van der Waals surface area (Å²) in [5, 5.41) is 0. The Labute approximate surface area is 116 Å². The van der Waals surface area contributed by atoms with Crippen LogP contribution >= 0.6 is 0 Å². The molecule has 1 aromatic rings. The molecule has 2 atom stereocenters. The summed E-state index contributed by atoms with van der Waals surface area (Å²) >= 11 is 0. The van der Waals surface area contributed by atoms with Crippen LogP contribution in [-0.2, 0) is 16.0 Å². The van der Waals surface area contributed by atoms with Crippen molar-refractivity contribution >= 4 is 5.97 Å². The lowest BCUT2D eigenvalue weighted by molar-refractivity contribution is -0.150. The molecule has 1 saturated carbocycles. The maximum absolute atomic E-state index is 12.3. The molecule has 0 unspecified atom stereocenters. The highest BCUT2D eigenvalue weighted by Gasteiger charge is 2.59. The van der Waals surface area contributed by atoms with Gasteiger partial charge in [0.25, 0.3) is 0 Å². The highest BCUT2D eigenvalue weighted by atomic mass is 16.5. The molecule has 0 bridgehead atoms. The number of rotatable bonds is 7. The largest absolute Gasteiger partial charge is 0.466 e. The van der Waals surface area contributed by atoms with Gasteiger partial charge in [-0.3, -0.25) is 4.79 Å². The first-order valence-electron chi connectivity index (χ1n) is 7.44. The van der Waals surface area contributed by atoms with E-state index in [1.807, 2.05) is 25.1 Å². The summed E-state index contributed by atoms with van der Waals surface area (Å²) < 4.78 is 5.31. The summed E-state index contributed by atoms with van der Waals surface area (Å²) in [6.45, 7) is 4.57. The Morgan fingerprint density at radius 1 is 1.32 bits per heavy atom. The van der Waals surface area contributed by atoms with Crippen molar-refractivity contribution in [1.82, 2.24) is 0 Å². The average Bonchev–Trinajstić information content (AvgIpc) is 3.12. The standard InChI is InChI=1S/C17H24O2/c1-3-5-11-15-13-17(15,16(18)19-4-2)12-14-9-7-6-8-10-14/h6-10,15H,3-5,11-13H2,1-2H3/t15-,17-/m0/s1. The fourth-order valence-corrected chi connectivity index (χ4v) is 2.98. The molecule has 1 aromatic carbocycles. The van der Waals surface area contributed by atoms with Crippen molar-refractivity contribution in [1.29, 1.82) is 0 Å². The van der Waals surface area contributed by atoms with E-state index in [9.17, 15) is 4.79 Å². The molecule has 104 valence electrons. The van der Waals surface area contributed by atoms with Crippen LogP contribution in [0.15, 0.2) is 30.3 Å². The first kappa shape index (κ1) is 14.1. The first-order valence-corrected chi connectivity index (χ1v) is 7.44. The lowest BCUT2D eigenvalue weighted by Gasteiger charge is -2.16. The average molecular weight is 260 g/mol. The fourth-order valence-electron chi connectivity index (χ4n) is 2.98. The Morgan fingerprint density at radius 3 is 2.68 bits per heavy atom. The predicted octanol–water partition coefficient (Wildman–Crippen LogP) is 3.99. The molecule has 0 heterocycles. The van der Waals surface area contributed by atoms with Gasteiger partial charge in [0.05, 0.1) is 12.0 Å². The van der Waals surface area contributed by atoms with Crippen molar-refractivity contribution in [3.63, 3.8) is 0 Å². The van der Waals surface area contributed by atoms with Gasteiger partial charge < -0.3 is 4.74 Å². The van der Waals surface area contributed by atoms with Crippen molar-refractivity contribution in [3.8, 4) is 0 Å². The second-order valence-corrected chi connectivity index (χ2v) is 5.58. The van der Waals surface area contributed by atoms with E-state index in [4.69, 9.17) is 4.74 Å². The van der Waals surface area contributed by atoms with Crippen molar-refractivity contribution in [2.45, 2.75) is 46.0 Å². The van der Waals surface area contributed by atoms with Crippen LogP contribution in [0.5, 0.6) is 0 Å². The molecule has 1 fully saturated rings. The Balaban J connectivity index is 2.06. The molecule has 1 aliphatic carbocycles. The summed E-state index contributed by atoms with van der Waals surface area (Å²) in [6.07, 6.45) is 5.39. The molecule has 0 amide bonds.